The van der Waals surface area contributed by atoms with Crippen LogP contribution < -0.4 is 14.9 Å². The predicted octanol–water partition coefficient (Wildman–Crippen LogP) is 3.83. The lowest BCUT2D eigenvalue weighted by atomic mass is 10.2. The monoisotopic (exact) mass is 431 g/mol. The van der Waals surface area contributed by atoms with Crippen LogP contribution in [0.15, 0.2) is 53.4 Å². The van der Waals surface area contributed by atoms with E-state index in [2.05, 4.69) is 17.6 Å². The van der Waals surface area contributed by atoms with Crippen molar-refractivity contribution in [3.05, 3.63) is 54.1 Å². The Bertz CT molecular complexity index is 988. The molecule has 0 aromatic heterocycles. The summed E-state index contributed by atoms with van der Waals surface area (Å²) < 4.78 is 27.5. The molecule has 0 saturated carbocycles. The smallest absolute Gasteiger partial charge is 0.264 e. The number of carbonyl (C=O) groups is 1. The molecule has 1 aliphatic heterocycles. The van der Waals surface area contributed by atoms with Gasteiger partial charge in [0, 0.05) is 18.7 Å². The van der Waals surface area contributed by atoms with Gasteiger partial charge < -0.3 is 10.6 Å². The third kappa shape index (κ3) is 5.13. The van der Waals surface area contributed by atoms with Crippen LogP contribution in [0.3, 0.4) is 0 Å². The van der Waals surface area contributed by atoms with Crippen molar-refractivity contribution in [1.82, 2.24) is 5.32 Å². The highest BCUT2D eigenvalue weighted by Gasteiger charge is 2.30. The number of sulfonamides is 1. The molecule has 1 aliphatic rings. The van der Waals surface area contributed by atoms with E-state index in [1.54, 1.807) is 24.3 Å². The van der Waals surface area contributed by atoms with Crippen LogP contribution >= 0.6 is 12.2 Å². The normalized spacial score (nSPS) is 13.1. The van der Waals surface area contributed by atoms with Crippen molar-refractivity contribution >= 4 is 44.6 Å². The number of hydrogen-bond donors (Lipinski definition) is 2. The molecule has 2 aromatic carbocycles. The molecule has 0 spiro atoms. The van der Waals surface area contributed by atoms with Gasteiger partial charge in [0.05, 0.1) is 10.6 Å². The lowest BCUT2D eigenvalue weighted by molar-refractivity contribution is -0.119. The number of anilines is 2. The van der Waals surface area contributed by atoms with Gasteiger partial charge >= 0.3 is 0 Å². The van der Waals surface area contributed by atoms with Crippen LogP contribution in [0.25, 0.3) is 0 Å². The first-order valence-corrected chi connectivity index (χ1v) is 11.6. The van der Waals surface area contributed by atoms with Crippen LogP contribution in [-0.2, 0) is 21.2 Å². The highest BCUT2D eigenvalue weighted by Crippen LogP contribution is 2.32. The molecule has 0 saturated heterocycles. The minimum Gasteiger partial charge on any atom is -0.332 e. The number of para-hydroxylation sites is 1. The van der Waals surface area contributed by atoms with E-state index in [0.717, 1.165) is 30.5 Å². The molecule has 2 N–H and O–H groups in total. The number of carbonyl (C=O) groups excluding carboxylic acids is 1. The van der Waals surface area contributed by atoms with E-state index >= 15 is 0 Å². The predicted molar refractivity (Wildman–Crippen MR) is 120 cm³/mol. The fourth-order valence-corrected chi connectivity index (χ4v) is 5.02. The Morgan fingerprint density at radius 2 is 1.83 bits per heavy atom. The molecule has 0 aliphatic carbocycles. The maximum absolute atomic E-state index is 13.0. The average Bonchev–Trinajstić information content (AvgIpc) is 3.13. The molecule has 3 rings (SSSR count). The van der Waals surface area contributed by atoms with Gasteiger partial charge in [0.2, 0.25) is 5.91 Å². The SMILES string of the molecule is CCCCCC(=O)NC(=S)Nc1ccc(S(=O)(=O)N2CCc3ccccc32)cc1. The molecule has 0 unspecified atom stereocenters. The summed E-state index contributed by atoms with van der Waals surface area (Å²) in [7, 11) is -3.63. The molecule has 0 fully saturated rings. The second-order valence-electron chi connectivity index (χ2n) is 6.94. The number of unbranched alkanes of at least 4 members (excludes halogenated alkanes) is 2. The Hall–Kier alpha value is -2.45. The van der Waals surface area contributed by atoms with Crippen molar-refractivity contribution in [2.45, 2.75) is 43.9 Å². The van der Waals surface area contributed by atoms with Gasteiger partial charge in [-0.2, -0.15) is 0 Å². The molecule has 2 aromatic rings. The summed E-state index contributed by atoms with van der Waals surface area (Å²) >= 11 is 5.16. The van der Waals surface area contributed by atoms with Crippen molar-refractivity contribution in [1.29, 1.82) is 0 Å². The van der Waals surface area contributed by atoms with Gasteiger partial charge in [0.25, 0.3) is 10.0 Å². The van der Waals surface area contributed by atoms with Gasteiger partial charge in [-0.3, -0.25) is 9.10 Å². The molecule has 1 heterocycles. The van der Waals surface area contributed by atoms with E-state index in [9.17, 15) is 13.2 Å². The molecule has 0 radical (unpaired) electrons. The van der Waals surface area contributed by atoms with Crippen molar-refractivity contribution in [3.8, 4) is 0 Å². The van der Waals surface area contributed by atoms with Crippen LogP contribution in [0.1, 0.15) is 38.2 Å². The number of thiocarbonyl (C=S) groups is 1. The van der Waals surface area contributed by atoms with Crippen molar-refractivity contribution in [2.24, 2.45) is 0 Å². The Morgan fingerprint density at radius 3 is 2.55 bits per heavy atom. The number of benzene rings is 2. The van der Waals surface area contributed by atoms with Crippen LogP contribution in [0, 0.1) is 0 Å². The summed E-state index contributed by atoms with van der Waals surface area (Å²) in [6.45, 7) is 2.52. The number of hydrogen-bond acceptors (Lipinski definition) is 4. The number of fused-ring (bicyclic) bond motifs is 1. The van der Waals surface area contributed by atoms with E-state index in [1.165, 1.54) is 4.31 Å². The molecule has 0 bridgehead atoms. The lowest BCUT2D eigenvalue weighted by Gasteiger charge is -2.19. The highest BCUT2D eigenvalue weighted by atomic mass is 32.2. The third-order valence-electron chi connectivity index (χ3n) is 4.81. The van der Waals surface area contributed by atoms with Gasteiger partial charge in [0.15, 0.2) is 5.11 Å². The van der Waals surface area contributed by atoms with Crippen LogP contribution in [0.5, 0.6) is 0 Å². The Kier molecular flexibility index (Phi) is 6.87. The third-order valence-corrected chi connectivity index (χ3v) is 6.84. The number of amides is 1. The van der Waals surface area contributed by atoms with Crippen LogP contribution in [-0.4, -0.2) is 26.0 Å². The molecule has 154 valence electrons. The first-order chi connectivity index (χ1) is 13.9. The number of nitrogens with zero attached hydrogens (tertiary/aromatic N) is 1. The van der Waals surface area contributed by atoms with E-state index in [4.69, 9.17) is 12.2 Å². The maximum Gasteiger partial charge on any atom is 0.264 e. The molecule has 0 atom stereocenters. The standard InChI is InChI=1S/C21H25N3O3S2/c1-2-3-4-9-20(25)23-21(28)22-17-10-12-18(13-11-17)29(26,27)24-15-14-16-7-5-6-8-19(16)24/h5-8,10-13H,2-4,9,14-15H2,1H3,(H2,22,23,25,28). The minimum atomic E-state index is -3.63. The summed E-state index contributed by atoms with van der Waals surface area (Å²) in [5, 5.41) is 5.77. The van der Waals surface area contributed by atoms with Gasteiger partial charge in [-0.15, -0.1) is 0 Å². The molecular formula is C21H25N3O3S2. The first-order valence-electron chi connectivity index (χ1n) is 9.73. The molecular weight excluding hydrogens is 406 g/mol. The molecule has 6 nitrogen and oxygen atoms in total. The van der Waals surface area contributed by atoms with Gasteiger partial charge in [0.1, 0.15) is 0 Å². The van der Waals surface area contributed by atoms with Gasteiger partial charge in [-0.05, 0) is 61.0 Å². The zero-order valence-corrected chi connectivity index (χ0v) is 18.0. The summed E-state index contributed by atoms with van der Waals surface area (Å²) in [5.74, 6) is -0.122. The maximum atomic E-state index is 13.0. The Labute approximate surface area is 177 Å². The largest absolute Gasteiger partial charge is 0.332 e. The number of nitrogens with one attached hydrogen (secondary N) is 2. The molecule has 29 heavy (non-hydrogen) atoms. The zero-order chi connectivity index (χ0) is 20.9. The van der Waals surface area contributed by atoms with Crippen LogP contribution in [0.2, 0.25) is 0 Å². The summed E-state index contributed by atoms with van der Waals surface area (Å²) in [4.78, 5) is 12.0. The quantitative estimate of drug-likeness (QED) is 0.515. The van der Waals surface area contributed by atoms with E-state index in [0.29, 0.717) is 25.1 Å². The van der Waals surface area contributed by atoms with Crippen LogP contribution in [0.4, 0.5) is 11.4 Å². The van der Waals surface area contributed by atoms with Crippen molar-refractivity contribution in [3.63, 3.8) is 0 Å². The second kappa shape index (κ2) is 9.37. The topological polar surface area (TPSA) is 78.5 Å². The summed E-state index contributed by atoms with van der Waals surface area (Å²) in [5.41, 5.74) is 2.39. The Balaban J connectivity index is 1.63. The fraction of sp³-hybridized carbons (Fsp3) is 0.333. The second-order valence-corrected chi connectivity index (χ2v) is 9.21. The highest BCUT2D eigenvalue weighted by molar-refractivity contribution is 7.92. The van der Waals surface area contributed by atoms with Crippen molar-refractivity contribution in [2.75, 3.05) is 16.2 Å². The fourth-order valence-electron chi connectivity index (χ4n) is 3.28. The Morgan fingerprint density at radius 1 is 1.10 bits per heavy atom. The summed E-state index contributed by atoms with van der Waals surface area (Å²) in [6.07, 6.45) is 4.03. The van der Waals surface area contributed by atoms with Gasteiger partial charge in [-0.1, -0.05) is 38.0 Å². The molecule has 8 heteroatoms. The van der Waals surface area contributed by atoms with Crippen molar-refractivity contribution < 1.29 is 13.2 Å². The lowest BCUT2D eigenvalue weighted by Crippen LogP contribution is -2.34. The van der Waals surface area contributed by atoms with Gasteiger partial charge in [-0.25, -0.2) is 8.42 Å². The van der Waals surface area contributed by atoms with E-state index in [-0.39, 0.29) is 15.9 Å². The van der Waals surface area contributed by atoms with E-state index in [1.807, 2.05) is 24.3 Å². The zero-order valence-electron chi connectivity index (χ0n) is 16.3. The minimum absolute atomic E-state index is 0.122. The molecule has 1 amide bonds. The first kappa shape index (κ1) is 21.3. The average molecular weight is 432 g/mol. The van der Waals surface area contributed by atoms with E-state index < -0.39 is 10.0 Å². The summed E-state index contributed by atoms with van der Waals surface area (Å²) in [6, 6.07) is 13.9. The number of rotatable bonds is 7.